The van der Waals surface area contributed by atoms with Crippen LogP contribution in [0.25, 0.3) is 0 Å². The maximum Gasteiger partial charge on any atom is 0.316 e. The summed E-state index contributed by atoms with van der Waals surface area (Å²) in [6, 6.07) is 0. The fraction of sp³-hybridized carbons (Fsp3) is 1.00. The Hall–Kier alpha value is 3.17. The quantitative estimate of drug-likeness (QED) is 0.184. The molecule has 1 fully saturated rings. The van der Waals surface area contributed by atoms with Crippen LogP contribution in [0.4, 0.5) is 0 Å². The van der Waals surface area contributed by atoms with Crippen molar-refractivity contribution in [3.05, 3.63) is 0 Å². The smallest absolute Gasteiger partial charge is 0.316 e. The van der Waals surface area contributed by atoms with E-state index in [1.165, 1.54) is 89.9 Å². The summed E-state index contributed by atoms with van der Waals surface area (Å²) >= 11 is 0. The first kappa shape index (κ1) is 31.8. The van der Waals surface area contributed by atoms with Crippen molar-refractivity contribution >= 4 is 98.5 Å². The molecular formula is C18H42Ca2MgO3. The normalized spacial score (nSPS) is 14.2. The molecule has 3 nitrogen and oxygen atoms in total. The summed E-state index contributed by atoms with van der Waals surface area (Å²) in [4.78, 5) is 8.94. The number of unbranched alkanes of at least 4 members (excludes halogenated alkanes) is 14. The van der Waals surface area contributed by atoms with Crippen LogP contribution >= 0.6 is 0 Å². The molecule has 0 aliphatic carbocycles. The van der Waals surface area contributed by atoms with Gasteiger partial charge in [-0.05, 0) is 6.42 Å². The molecule has 0 bridgehead atoms. The van der Waals surface area contributed by atoms with E-state index in [2.05, 4.69) is 16.7 Å². The molecule has 0 amide bonds. The number of hydrogen-bond acceptors (Lipinski definition) is 3. The van der Waals surface area contributed by atoms with Gasteiger partial charge in [-0.3, -0.25) is 0 Å². The van der Waals surface area contributed by atoms with Crippen LogP contribution in [0.5, 0.6) is 0 Å². The van der Waals surface area contributed by atoms with Gasteiger partial charge in [0.15, 0.2) is 0 Å². The van der Waals surface area contributed by atoms with Crippen molar-refractivity contribution in [2.75, 3.05) is 0 Å². The minimum atomic E-state index is -1.21. The molecule has 1 rings (SSSR count). The fourth-order valence-electron chi connectivity index (χ4n) is 2.85. The van der Waals surface area contributed by atoms with Gasteiger partial charge < -0.3 is 5.11 Å². The average Bonchev–Trinajstić information content (AvgIpc) is 3.21. The van der Waals surface area contributed by atoms with Crippen molar-refractivity contribution in [1.29, 1.82) is 0 Å². The van der Waals surface area contributed by atoms with Gasteiger partial charge in [-0.2, -0.15) is 9.78 Å². The van der Waals surface area contributed by atoms with E-state index in [-0.39, 0.29) is 98.5 Å². The first-order valence-electron chi connectivity index (χ1n) is 9.36. The van der Waals surface area contributed by atoms with Crippen molar-refractivity contribution in [2.24, 2.45) is 0 Å². The molecule has 0 saturated carbocycles. The molecule has 6 heteroatoms. The molecule has 0 spiro atoms. The topological polar surface area (TPSA) is 45.3 Å². The van der Waals surface area contributed by atoms with Gasteiger partial charge >= 0.3 is 105 Å². The SMILES string of the molecule is CCCCCCCCCCCCCCCCCC1(O)OO1.[CaH2].[CaH2].[MgH2]. The molecule has 138 valence electrons. The van der Waals surface area contributed by atoms with Crippen molar-refractivity contribution in [2.45, 2.75) is 116 Å². The van der Waals surface area contributed by atoms with Gasteiger partial charge in [0.1, 0.15) is 0 Å². The molecule has 1 N–H and O–H groups in total. The third-order valence-electron chi connectivity index (χ3n) is 4.37. The van der Waals surface area contributed by atoms with Gasteiger partial charge in [-0.1, -0.05) is 96.8 Å². The Morgan fingerprint density at radius 3 is 1.17 bits per heavy atom. The van der Waals surface area contributed by atoms with E-state index in [4.69, 9.17) is 0 Å². The van der Waals surface area contributed by atoms with E-state index in [0.717, 1.165) is 6.42 Å². The Morgan fingerprint density at radius 2 is 0.875 bits per heavy atom. The van der Waals surface area contributed by atoms with Crippen LogP contribution in [-0.2, 0) is 9.78 Å². The fourth-order valence-corrected chi connectivity index (χ4v) is 2.85. The molecule has 24 heavy (non-hydrogen) atoms. The zero-order valence-corrected chi connectivity index (χ0v) is 14.1. The Balaban J connectivity index is -0.00000147. The summed E-state index contributed by atoms with van der Waals surface area (Å²) in [5.41, 5.74) is 0. The second kappa shape index (κ2) is 22.5. The summed E-state index contributed by atoms with van der Waals surface area (Å²) in [6.45, 7) is 2.28. The van der Waals surface area contributed by atoms with E-state index >= 15 is 0 Å². The van der Waals surface area contributed by atoms with E-state index < -0.39 is 5.97 Å². The number of aliphatic hydroxyl groups is 1. The van der Waals surface area contributed by atoms with Crippen LogP contribution in [0.3, 0.4) is 0 Å². The second-order valence-electron chi connectivity index (χ2n) is 6.58. The first-order valence-corrected chi connectivity index (χ1v) is 9.36. The Morgan fingerprint density at radius 1 is 0.583 bits per heavy atom. The third-order valence-corrected chi connectivity index (χ3v) is 4.37. The van der Waals surface area contributed by atoms with E-state index in [1.54, 1.807) is 0 Å². The summed E-state index contributed by atoms with van der Waals surface area (Å²) in [7, 11) is 0. The van der Waals surface area contributed by atoms with E-state index in [0.29, 0.717) is 6.42 Å². The van der Waals surface area contributed by atoms with E-state index in [9.17, 15) is 5.11 Å². The summed E-state index contributed by atoms with van der Waals surface area (Å²) in [5.74, 6) is -1.21. The molecule has 0 radical (unpaired) electrons. The first-order chi connectivity index (χ1) is 10.3. The minimum Gasteiger partial charge on any atom is 0.316 e. The van der Waals surface area contributed by atoms with Gasteiger partial charge in [0, 0.05) is 6.42 Å². The molecule has 0 aromatic carbocycles. The summed E-state index contributed by atoms with van der Waals surface area (Å²) < 4.78 is 0. The zero-order valence-electron chi connectivity index (χ0n) is 14.1. The Labute approximate surface area is 225 Å². The maximum absolute atomic E-state index is 9.29. The number of hydrogen-bond donors (Lipinski definition) is 1. The van der Waals surface area contributed by atoms with Crippen molar-refractivity contribution in [1.82, 2.24) is 0 Å². The van der Waals surface area contributed by atoms with Crippen LogP contribution in [0, 0.1) is 0 Å². The molecule has 0 aromatic rings. The summed E-state index contributed by atoms with van der Waals surface area (Å²) in [6.07, 6.45) is 21.0. The second-order valence-corrected chi connectivity index (χ2v) is 6.58. The molecule has 1 heterocycles. The molecule has 0 unspecified atom stereocenters. The predicted octanol–water partition coefficient (Wildman–Crippen LogP) is 3.11. The van der Waals surface area contributed by atoms with Crippen LogP contribution in [-0.4, -0.2) is 110 Å². The van der Waals surface area contributed by atoms with Gasteiger partial charge in [0.25, 0.3) is 0 Å². The van der Waals surface area contributed by atoms with Crippen LogP contribution in [0.15, 0.2) is 0 Å². The molecule has 1 aliphatic heterocycles. The largest absolute Gasteiger partial charge is 0.316 e. The Kier molecular flexibility index (Phi) is 29.8. The minimum absolute atomic E-state index is 0. The van der Waals surface area contributed by atoms with Crippen molar-refractivity contribution in [3.63, 3.8) is 0 Å². The predicted molar refractivity (Wildman–Crippen MR) is 112 cm³/mol. The van der Waals surface area contributed by atoms with Gasteiger partial charge in [-0.15, -0.1) is 0 Å². The molecule has 0 atom stereocenters. The molecule has 1 saturated heterocycles. The molecular weight excluding hydrogens is 369 g/mol. The van der Waals surface area contributed by atoms with Crippen LogP contribution < -0.4 is 0 Å². The van der Waals surface area contributed by atoms with Gasteiger partial charge in [0.2, 0.25) is 0 Å². The molecule has 1 aliphatic rings. The standard InChI is InChI=1S/C18H36O3.2Ca.Mg.6H/c1-2-3-4-5-6-7-8-9-10-11-12-13-14-15-16-17-18(19)20-21-18;;;;;;;;;/h19H,2-17H2,1H3;;;;;;;;;. The van der Waals surface area contributed by atoms with E-state index in [1.807, 2.05) is 0 Å². The molecule has 0 aromatic heterocycles. The monoisotopic (exact) mass is 410 g/mol. The van der Waals surface area contributed by atoms with Gasteiger partial charge in [-0.25, -0.2) is 0 Å². The van der Waals surface area contributed by atoms with Crippen molar-refractivity contribution in [3.8, 4) is 0 Å². The third kappa shape index (κ3) is 21.5. The number of rotatable bonds is 16. The Bertz CT molecular complexity index is 242. The zero-order chi connectivity index (χ0) is 15.2. The van der Waals surface area contributed by atoms with Crippen molar-refractivity contribution < 1.29 is 14.9 Å². The maximum atomic E-state index is 9.29. The van der Waals surface area contributed by atoms with Crippen LogP contribution in [0.1, 0.15) is 110 Å². The van der Waals surface area contributed by atoms with Crippen LogP contribution in [0.2, 0.25) is 0 Å². The summed E-state index contributed by atoms with van der Waals surface area (Å²) in [5, 5.41) is 9.29. The van der Waals surface area contributed by atoms with Gasteiger partial charge in [0.05, 0.1) is 0 Å². The average molecular weight is 411 g/mol.